The lowest BCUT2D eigenvalue weighted by Gasteiger charge is -2.19. The van der Waals surface area contributed by atoms with Gasteiger partial charge in [0, 0.05) is 17.6 Å². The zero-order chi connectivity index (χ0) is 21.8. The number of nitrogens with one attached hydrogen (secondary N) is 2. The number of anilines is 1. The Bertz CT molecular complexity index is 974. The van der Waals surface area contributed by atoms with Crippen LogP contribution in [0.4, 0.5) is 5.69 Å². The Hall–Kier alpha value is -2.73. The van der Waals surface area contributed by atoms with Gasteiger partial charge >= 0.3 is 0 Å². The third-order valence-corrected chi connectivity index (χ3v) is 5.90. The van der Waals surface area contributed by atoms with Crippen LogP contribution < -0.4 is 30.3 Å². The minimum absolute atomic E-state index is 0.0142. The van der Waals surface area contributed by atoms with Crippen LogP contribution in [0.3, 0.4) is 0 Å². The number of ether oxygens (including phenoxy) is 3. The van der Waals surface area contributed by atoms with Crippen LogP contribution in [-0.2, 0) is 6.42 Å². The summed E-state index contributed by atoms with van der Waals surface area (Å²) in [4.78, 5) is 13.0. The van der Waals surface area contributed by atoms with Gasteiger partial charge in [0.15, 0.2) is 11.5 Å². The van der Waals surface area contributed by atoms with E-state index >= 15 is 0 Å². The van der Waals surface area contributed by atoms with Gasteiger partial charge in [0.2, 0.25) is 11.2 Å². The SMILES string of the molecule is CCC(C)Nc1ccc2c(cc1=O)C(NC)CCc1cc(OC)c(OC)c(OC)c1-2. The number of methoxy groups -OCH3 is 3. The highest BCUT2D eigenvalue weighted by Gasteiger charge is 2.28. The molecule has 2 N–H and O–H groups in total. The molecule has 2 aromatic carbocycles. The van der Waals surface area contributed by atoms with Gasteiger partial charge in [0.25, 0.3) is 0 Å². The fourth-order valence-corrected chi connectivity index (χ4v) is 4.10. The molecule has 2 aromatic rings. The minimum atomic E-state index is -0.0142. The fraction of sp³-hybridized carbons (Fsp3) is 0.458. The second-order valence-electron chi connectivity index (χ2n) is 7.64. The highest BCUT2D eigenvalue weighted by Crippen LogP contribution is 2.50. The maximum absolute atomic E-state index is 13.0. The first-order valence-corrected chi connectivity index (χ1v) is 10.4. The Balaban J connectivity index is 2.35. The third-order valence-electron chi connectivity index (χ3n) is 5.90. The van der Waals surface area contributed by atoms with E-state index < -0.39 is 0 Å². The molecule has 0 bridgehead atoms. The van der Waals surface area contributed by atoms with Gasteiger partial charge in [-0.15, -0.1) is 0 Å². The summed E-state index contributed by atoms with van der Waals surface area (Å²) in [5.41, 5.74) is 4.58. The standard InChI is InChI=1S/C24H32N2O4/c1-7-14(2)26-19-11-9-16-17(13-20(19)27)18(25-3)10-8-15-12-21(28-4)23(29-5)24(30-6)22(15)16/h9,11-14,18,25H,7-8,10H2,1-6H3,(H,26,27). The lowest BCUT2D eigenvalue weighted by atomic mass is 9.95. The second kappa shape index (κ2) is 9.39. The van der Waals surface area contributed by atoms with Crippen molar-refractivity contribution < 1.29 is 14.2 Å². The second-order valence-corrected chi connectivity index (χ2v) is 7.64. The van der Waals surface area contributed by atoms with Crippen molar-refractivity contribution >= 4 is 5.69 Å². The van der Waals surface area contributed by atoms with Gasteiger partial charge in [-0.25, -0.2) is 0 Å². The van der Waals surface area contributed by atoms with E-state index in [1.165, 1.54) is 0 Å². The molecule has 3 rings (SSSR count). The molecular weight excluding hydrogens is 380 g/mol. The summed E-state index contributed by atoms with van der Waals surface area (Å²) < 4.78 is 17.0. The van der Waals surface area contributed by atoms with Crippen LogP contribution in [0.1, 0.15) is 43.9 Å². The molecule has 2 atom stereocenters. The van der Waals surface area contributed by atoms with Gasteiger partial charge in [-0.3, -0.25) is 4.79 Å². The van der Waals surface area contributed by atoms with Crippen LogP contribution >= 0.6 is 0 Å². The largest absolute Gasteiger partial charge is 0.493 e. The van der Waals surface area contributed by atoms with E-state index in [2.05, 4.69) is 24.5 Å². The fourth-order valence-electron chi connectivity index (χ4n) is 4.10. The summed E-state index contributed by atoms with van der Waals surface area (Å²) in [6.45, 7) is 4.17. The minimum Gasteiger partial charge on any atom is -0.493 e. The summed E-state index contributed by atoms with van der Waals surface area (Å²) in [5.74, 6) is 1.82. The average molecular weight is 413 g/mol. The van der Waals surface area contributed by atoms with Crippen molar-refractivity contribution in [3.05, 3.63) is 45.6 Å². The number of fused-ring (bicyclic) bond motifs is 3. The molecule has 2 unspecified atom stereocenters. The van der Waals surface area contributed by atoms with E-state index in [1.807, 2.05) is 25.2 Å². The molecule has 1 aliphatic rings. The Morgan fingerprint density at radius 3 is 2.43 bits per heavy atom. The normalized spacial score (nSPS) is 16.0. The quantitative estimate of drug-likeness (QED) is 0.712. The Labute approximate surface area is 178 Å². The van der Waals surface area contributed by atoms with Gasteiger partial charge in [-0.1, -0.05) is 13.0 Å². The van der Waals surface area contributed by atoms with Crippen molar-refractivity contribution in [2.45, 2.75) is 45.2 Å². The van der Waals surface area contributed by atoms with Crippen molar-refractivity contribution in [2.24, 2.45) is 0 Å². The highest BCUT2D eigenvalue weighted by atomic mass is 16.5. The highest BCUT2D eigenvalue weighted by molar-refractivity contribution is 5.83. The summed E-state index contributed by atoms with van der Waals surface area (Å²) >= 11 is 0. The van der Waals surface area contributed by atoms with Crippen molar-refractivity contribution in [1.82, 2.24) is 5.32 Å². The molecular formula is C24H32N2O4. The first-order chi connectivity index (χ1) is 14.5. The number of hydrogen-bond acceptors (Lipinski definition) is 6. The molecule has 6 heteroatoms. The number of rotatable bonds is 7. The third kappa shape index (κ3) is 3.97. The predicted molar refractivity (Wildman–Crippen MR) is 121 cm³/mol. The maximum atomic E-state index is 13.0. The zero-order valence-corrected chi connectivity index (χ0v) is 18.7. The van der Waals surface area contributed by atoms with Gasteiger partial charge in [0.1, 0.15) is 0 Å². The maximum Gasteiger partial charge on any atom is 0.203 e. The molecule has 0 heterocycles. The van der Waals surface area contributed by atoms with E-state index in [0.717, 1.165) is 41.5 Å². The molecule has 0 aliphatic heterocycles. The molecule has 0 aromatic heterocycles. The van der Waals surface area contributed by atoms with E-state index in [0.29, 0.717) is 22.9 Å². The molecule has 0 saturated carbocycles. The van der Waals surface area contributed by atoms with Crippen LogP contribution in [-0.4, -0.2) is 34.4 Å². The average Bonchev–Trinajstić information content (AvgIpc) is 3.00. The van der Waals surface area contributed by atoms with E-state index in [9.17, 15) is 4.79 Å². The molecule has 6 nitrogen and oxygen atoms in total. The smallest absolute Gasteiger partial charge is 0.203 e. The van der Waals surface area contributed by atoms with Gasteiger partial charge < -0.3 is 24.8 Å². The van der Waals surface area contributed by atoms with Crippen LogP contribution in [0.5, 0.6) is 17.2 Å². The first kappa shape index (κ1) is 22.0. The summed E-state index contributed by atoms with van der Waals surface area (Å²) in [6, 6.07) is 7.93. The summed E-state index contributed by atoms with van der Waals surface area (Å²) in [6.07, 6.45) is 2.61. The van der Waals surface area contributed by atoms with E-state index in [4.69, 9.17) is 14.2 Å². The van der Waals surface area contributed by atoms with Gasteiger partial charge in [-0.05, 0) is 68.1 Å². The topological polar surface area (TPSA) is 68.8 Å². The van der Waals surface area contributed by atoms with E-state index in [-0.39, 0.29) is 17.5 Å². The van der Waals surface area contributed by atoms with Crippen molar-refractivity contribution in [1.29, 1.82) is 0 Å². The molecule has 30 heavy (non-hydrogen) atoms. The van der Waals surface area contributed by atoms with Crippen molar-refractivity contribution in [3.63, 3.8) is 0 Å². The molecule has 0 spiro atoms. The molecule has 0 fully saturated rings. The van der Waals surface area contributed by atoms with Gasteiger partial charge in [0.05, 0.1) is 27.0 Å². The van der Waals surface area contributed by atoms with Crippen LogP contribution in [0.2, 0.25) is 0 Å². The van der Waals surface area contributed by atoms with Crippen LogP contribution in [0.25, 0.3) is 11.1 Å². The monoisotopic (exact) mass is 412 g/mol. The first-order valence-electron chi connectivity index (χ1n) is 10.4. The van der Waals surface area contributed by atoms with Crippen molar-refractivity contribution in [3.8, 4) is 28.4 Å². The van der Waals surface area contributed by atoms with Crippen LogP contribution in [0.15, 0.2) is 29.1 Å². The van der Waals surface area contributed by atoms with Crippen LogP contribution in [0, 0.1) is 0 Å². The molecule has 0 saturated heterocycles. The van der Waals surface area contributed by atoms with Gasteiger partial charge in [-0.2, -0.15) is 0 Å². The summed E-state index contributed by atoms with van der Waals surface area (Å²) in [7, 11) is 6.80. The number of aryl methyl sites for hydroxylation is 1. The Morgan fingerprint density at radius 1 is 1.10 bits per heavy atom. The predicted octanol–water partition coefficient (Wildman–Crippen LogP) is 4.16. The molecule has 0 radical (unpaired) electrons. The summed E-state index contributed by atoms with van der Waals surface area (Å²) in [5, 5.41) is 6.72. The molecule has 1 aliphatic carbocycles. The molecule has 162 valence electrons. The van der Waals surface area contributed by atoms with E-state index in [1.54, 1.807) is 27.4 Å². The number of hydrogen-bond donors (Lipinski definition) is 2. The lowest BCUT2D eigenvalue weighted by Crippen LogP contribution is -2.20. The Kier molecular flexibility index (Phi) is 6.87. The molecule has 0 amide bonds. The zero-order valence-electron chi connectivity index (χ0n) is 18.7. The number of benzene rings is 1. The lowest BCUT2D eigenvalue weighted by molar-refractivity contribution is 0.324. The van der Waals surface area contributed by atoms with Crippen molar-refractivity contribution in [2.75, 3.05) is 33.7 Å². The Morgan fingerprint density at radius 2 is 1.83 bits per heavy atom.